The number of aliphatic hydroxyl groups is 1. The molecule has 0 bridgehead atoms. The number of carbonyl (C=O) groups is 1. The first kappa shape index (κ1) is 14.9. The molecule has 0 spiro atoms. The van der Waals surface area contributed by atoms with Crippen molar-refractivity contribution in [3.8, 4) is 0 Å². The number of hydrogen-bond acceptors (Lipinski definition) is 4. The number of thioether (sulfide) groups is 1. The van der Waals surface area contributed by atoms with Crippen molar-refractivity contribution in [2.24, 2.45) is 5.92 Å². The number of aryl methyl sites for hydroxylation is 1. The highest BCUT2D eigenvalue weighted by Gasteiger charge is 2.29. The highest BCUT2D eigenvalue weighted by molar-refractivity contribution is 8.00. The van der Waals surface area contributed by atoms with E-state index in [4.69, 9.17) is 0 Å². The molecule has 0 saturated carbocycles. The minimum atomic E-state index is -0.128. The van der Waals surface area contributed by atoms with Gasteiger partial charge in [0.15, 0.2) is 0 Å². The fourth-order valence-corrected chi connectivity index (χ4v) is 4.69. The molecule has 1 aromatic rings. The van der Waals surface area contributed by atoms with E-state index in [9.17, 15) is 9.90 Å². The van der Waals surface area contributed by atoms with Gasteiger partial charge in [0.1, 0.15) is 5.25 Å². The van der Waals surface area contributed by atoms with Gasteiger partial charge in [-0.1, -0.05) is 13.8 Å². The van der Waals surface area contributed by atoms with Crippen LogP contribution in [0.4, 0.5) is 0 Å². The molecule has 1 aliphatic rings. The minimum absolute atomic E-state index is 0.0117. The van der Waals surface area contributed by atoms with E-state index in [0.29, 0.717) is 5.92 Å². The van der Waals surface area contributed by atoms with Crippen molar-refractivity contribution < 1.29 is 9.90 Å². The number of aliphatic hydroxyl groups excluding tert-OH is 1. The summed E-state index contributed by atoms with van der Waals surface area (Å²) in [6.45, 7) is 4.21. The molecule has 3 nitrogen and oxygen atoms in total. The smallest absolute Gasteiger partial charge is 0.237 e. The Kier molecular flexibility index (Phi) is 5.30. The molecule has 2 unspecified atom stereocenters. The lowest BCUT2D eigenvalue weighted by molar-refractivity contribution is -0.121. The lowest BCUT2D eigenvalue weighted by Gasteiger charge is -2.25. The highest BCUT2D eigenvalue weighted by Crippen LogP contribution is 2.39. The van der Waals surface area contributed by atoms with Crippen molar-refractivity contribution in [2.75, 3.05) is 12.4 Å². The molecule has 2 atom stereocenters. The SMILES string of the molecule is CC(C)CC(CO)NC(=O)C1SCCc2sccc21. The second-order valence-corrected chi connectivity index (χ2v) is 7.53. The third-order valence-corrected chi connectivity index (χ3v) is 5.47. The molecule has 0 saturated heterocycles. The molecule has 106 valence electrons. The zero-order valence-corrected chi connectivity index (χ0v) is 13.0. The zero-order valence-electron chi connectivity index (χ0n) is 11.4. The lowest BCUT2D eigenvalue weighted by Crippen LogP contribution is -2.41. The Morgan fingerprint density at radius 3 is 3.05 bits per heavy atom. The van der Waals surface area contributed by atoms with E-state index < -0.39 is 0 Å². The first-order chi connectivity index (χ1) is 9.11. The van der Waals surface area contributed by atoms with Gasteiger partial charge in [-0.05, 0) is 41.5 Å². The molecule has 2 heterocycles. The number of amides is 1. The largest absolute Gasteiger partial charge is 0.394 e. The van der Waals surface area contributed by atoms with E-state index in [-0.39, 0.29) is 23.8 Å². The Balaban J connectivity index is 2.01. The molecule has 0 radical (unpaired) electrons. The molecule has 1 amide bonds. The van der Waals surface area contributed by atoms with Gasteiger partial charge in [-0.3, -0.25) is 4.79 Å². The van der Waals surface area contributed by atoms with Gasteiger partial charge in [0.2, 0.25) is 5.91 Å². The Labute approximate surface area is 122 Å². The van der Waals surface area contributed by atoms with Gasteiger partial charge in [-0.15, -0.1) is 23.1 Å². The summed E-state index contributed by atoms with van der Waals surface area (Å²) in [5.74, 6) is 1.51. The maximum atomic E-state index is 12.4. The summed E-state index contributed by atoms with van der Waals surface area (Å²) in [6, 6.07) is 1.93. The van der Waals surface area contributed by atoms with Crippen LogP contribution in [0.2, 0.25) is 0 Å². The first-order valence-corrected chi connectivity index (χ1v) is 8.63. The molecular formula is C14H21NO2S2. The van der Waals surface area contributed by atoms with Crippen molar-refractivity contribution in [2.45, 2.75) is 38.0 Å². The normalized spacial score (nSPS) is 20.1. The van der Waals surface area contributed by atoms with Gasteiger partial charge in [-0.2, -0.15) is 0 Å². The molecule has 1 aromatic heterocycles. The predicted molar refractivity (Wildman–Crippen MR) is 81.7 cm³/mol. The van der Waals surface area contributed by atoms with Gasteiger partial charge >= 0.3 is 0 Å². The van der Waals surface area contributed by atoms with E-state index in [1.165, 1.54) is 10.4 Å². The average molecular weight is 299 g/mol. The Bertz CT molecular complexity index is 431. The standard InChI is InChI=1S/C14H21NO2S2/c1-9(2)7-10(8-16)15-14(17)13-11-3-5-18-12(11)4-6-19-13/h3,5,9-10,13,16H,4,6-8H2,1-2H3,(H,15,17). The summed E-state index contributed by atoms with van der Waals surface area (Å²) < 4.78 is 0. The number of carbonyl (C=O) groups excluding carboxylic acids is 1. The number of hydrogen-bond donors (Lipinski definition) is 2. The molecule has 2 N–H and O–H groups in total. The summed E-state index contributed by atoms with van der Waals surface area (Å²) in [5.41, 5.74) is 1.17. The van der Waals surface area contributed by atoms with Gasteiger partial charge in [0, 0.05) is 4.88 Å². The summed E-state index contributed by atoms with van der Waals surface area (Å²) in [5, 5.41) is 14.3. The summed E-state index contributed by atoms with van der Waals surface area (Å²) >= 11 is 3.44. The highest BCUT2D eigenvalue weighted by atomic mass is 32.2. The van der Waals surface area contributed by atoms with Crippen molar-refractivity contribution in [3.63, 3.8) is 0 Å². The summed E-state index contributed by atoms with van der Waals surface area (Å²) in [6.07, 6.45) is 1.88. The Hall–Kier alpha value is -0.520. The summed E-state index contributed by atoms with van der Waals surface area (Å²) in [4.78, 5) is 13.7. The molecule has 2 rings (SSSR count). The van der Waals surface area contributed by atoms with E-state index in [1.807, 2.05) is 0 Å². The minimum Gasteiger partial charge on any atom is -0.394 e. The van der Waals surface area contributed by atoms with Crippen LogP contribution in [0.5, 0.6) is 0 Å². The monoisotopic (exact) mass is 299 g/mol. The van der Waals surface area contributed by atoms with Crippen LogP contribution < -0.4 is 5.32 Å². The lowest BCUT2D eigenvalue weighted by atomic mass is 10.0. The fourth-order valence-electron chi connectivity index (χ4n) is 2.39. The van der Waals surface area contributed by atoms with E-state index in [0.717, 1.165) is 18.6 Å². The van der Waals surface area contributed by atoms with Crippen LogP contribution in [-0.2, 0) is 11.2 Å². The van der Waals surface area contributed by atoms with Crippen LogP contribution in [0.1, 0.15) is 36.0 Å². The van der Waals surface area contributed by atoms with Crippen molar-refractivity contribution in [1.82, 2.24) is 5.32 Å². The molecule has 0 fully saturated rings. The topological polar surface area (TPSA) is 49.3 Å². The Morgan fingerprint density at radius 2 is 2.37 bits per heavy atom. The van der Waals surface area contributed by atoms with Crippen LogP contribution >= 0.6 is 23.1 Å². The number of nitrogens with one attached hydrogen (secondary N) is 1. The van der Waals surface area contributed by atoms with Gasteiger partial charge < -0.3 is 10.4 Å². The van der Waals surface area contributed by atoms with Crippen molar-refractivity contribution >= 4 is 29.0 Å². The quantitative estimate of drug-likeness (QED) is 0.878. The third kappa shape index (κ3) is 3.74. The van der Waals surface area contributed by atoms with Crippen molar-refractivity contribution in [1.29, 1.82) is 0 Å². The molecule has 0 aliphatic carbocycles. The maximum Gasteiger partial charge on any atom is 0.237 e. The van der Waals surface area contributed by atoms with Crippen LogP contribution in [0, 0.1) is 5.92 Å². The second-order valence-electron chi connectivity index (χ2n) is 5.32. The Morgan fingerprint density at radius 1 is 1.58 bits per heavy atom. The van der Waals surface area contributed by atoms with E-state index in [1.54, 1.807) is 23.1 Å². The predicted octanol–water partition coefficient (Wildman–Crippen LogP) is 2.60. The van der Waals surface area contributed by atoms with Crippen molar-refractivity contribution in [3.05, 3.63) is 21.9 Å². The molecule has 0 aromatic carbocycles. The molecule has 19 heavy (non-hydrogen) atoms. The maximum absolute atomic E-state index is 12.4. The fraction of sp³-hybridized carbons (Fsp3) is 0.643. The van der Waals surface area contributed by atoms with Gasteiger partial charge in [-0.25, -0.2) is 0 Å². The number of fused-ring (bicyclic) bond motifs is 1. The third-order valence-electron chi connectivity index (χ3n) is 3.24. The van der Waals surface area contributed by atoms with Crippen LogP contribution in [0.3, 0.4) is 0 Å². The van der Waals surface area contributed by atoms with Crippen LogP contribution in [-0.4, -0.2) is 29.4 Å². The van der Waals surface area contributed by atoms with Gasteiger partial charge in [0.05, 0.1) is 12.6 Å². The van der Waals surface area contributed by atoms with Crippen LogP contribution in [0.25, 0.3) is 0 Å². The average Bonchev–Trinajstić information content (AvgIpc) is 2.85. The van der Waals surface area contributed by atoms with Gasteiger partial charge in [0.25, 0.3) is 0 Å². The van der Waals surface area contributed by atoms with E-state index >= 15 is 0 Å². The first-order valence-electron chi connectivity index (χ1n) is 6.71. The summed E-state index contributed by atoms with van der Waals surface area (Å²) in [7, 11) is 0. The number of thiophene rings is 1. The van der Waals surface area contributed by atoms with Crippen LogP contribution in [0.15, 0.2) is 11.4 Å². The second kappa shape index (κ2) is 6.77. The van der Waals surface area contributed by atoms with E-state index in [2.05, 4.69) is 30.6 Å². The molecule has 5 heteroatoms. The zero-order chi connectivity index (χ0) is 13.8. The number of rotatable bonds is 5. The molecule has 1 aliphatic heterocycles. The molecular weight excluding hydrogens is 278 g/mol.